The number of alkyl carbamates (subject to hydrolysis) is 1. The molecule has 1 aromatic heterocycles. The number of carboxylic acid groups (broad SMARTS) is 1. The first-order valence-electron chi connectivity index (χ1n) is 11.0. The van der Waals surface area contributed by atoms with Crippen LogP contribution in [0.3, 0.4) is 0 Å². The van der Waals surface area contributed by atoms with Crippen molar-refractivity contribution in [2.45, 2.75) is 25.4 Å². The first-order chi connectivity index (χ1) is 16.9. The van der Waals surface area contributed by atoms with Crippen molar-refractivity contribution in [1.82, 2.24) is 15.6 Å². The van der Waals surface area contributed by atoms with Crippen LogP contribution in [-0.2, 0) is 20.8 Å². The minimum Gasteiger partial charge on any atom is -0.480 e. The molecule has 2 aromatic carbocycles. The average Bonchev–Trinajstić information content (AvgIpc) is 3.38. The van der Waals surface area contributed by atoms with Crippen LogP contribution in [0.4, 0.5) is 4.79 Å². The number of carbonyl (C=O) groups excluding carboxylic acids is 2. The van der Waals surface area contributed by atoms with Crippen LogP contribution in [0.5, 0.6) is 0 Å². The van der Waals surface area contributed by atoms with Crippen molar-refractivity contribution in [3.8, 4) is 11.1 Å². The van der Waals surface area contributed by atoms with Crippen molar-refractivity contribution >= 4 is 29.3 Å². The van der Waals surface area contributed by atoms with E-state index in [0.29, 0.717) is 10.7 Å². The molecule has 1 aliphatic rings. The number of methoxy groups -OCH3 is 1. The molecular formula is C25H25N3O6S. The molecule has 3 N–H and O–H groups in total. The second-order valence-electron chi connectivity index (χ2n) is 8.02. The summed E-state index contributed by atoms with van der Waals surface area (Å²) in [5.41, 5.74) is 4.99. The van der Waals surface area contributed by atoms with Gasteiger partial charge < -0.3 is 25.2 Å². The summed E-state index contributed by atoms with van der Waals surface area (Å²) in [4.78, 5) is 40.7. The van der Waals surface area contributed by atoms with E-state index in [9.17, 15) is 19.5 Å². The highest BCUT2D eigenvalue weighted by Crippen LogP contribution is 2.44. The standard InChI is InChI=1S/C25H25N3O6S/c1-14-22(23(29)28-20(13-33-2)24(30)31)35-21(27-14)11-26-25(32)34-12-19-17-9-5-3-7-15(17)16-8-4-6-10-18(16)19/h3-10,19-20H,11-13H2,1-2H3,(H,26,32)(H,28,29)(H,30,31). The van der Waals surface area contributed by atoms with E-state index in [1.807, 2.05) is 36.4 Å². The zero-order valence-electron chi connectivity index (χ0n) is 19.2. The number of benzene rings is 2. The lowest BCUT2D eigenvalue weighted by Gasteiger charge is -2.14. The number of aromatic nitrogens is 1. The monoisotopic (exact) mass is 495 g/mol. The van der Waals surface area contributed by atoms with Crippen LogP contribution < -0.4 is 10.6 Å². The lowest BCUT2D eigenvalue weighted by atomic mass is 9.98. The third-order valence-electron chi connectivity index (χ3n) is 5.71. The molecule has 0 fully saturated rings. The summed E-state index contributed by atoms with van der Waals surface area (Å²) in [6, 6.07) is 15.0. The van der Waals surface area contributed by atoms with Gasteiger partial charge >= 0.3 is 12.1 Å². The van der Waals surface area contributed by atoms with Gasteiger partial charge in [-0.15, -0.1) is 11.3 Å². The van der Waals surface area contributed by atoms with Gasteiger partial charge in [-0.1, -0.05) is 48.5 Å². The third-order valence-corrected chi connectivity index (χ3v) is 6.87. The maximum atomic E-state index is 12.5. The number of thiazole rings is 1. The molecule has 182 valence electrons. The number of carboxylic acids is 1. The molecule has 1 unspecified atom stereocenters. The first-order valence-corrected chi connectivity index (χ1v) is 11.8. The van der Waals surface area contributed by atoms with Crippen LogP contribution in [-0.4, -0.2) is 54.4 Å². The molecule has 9 nitrogen and oxygen atoms in total. The van der Waals surface area contributed by atoms with Crippen molar-refractivity contribution in [3.63, 3.8) is 0 Å². The molecular weight excluding hydrogens is 470 g/mol. The largest absolute Gasteiger partial charge is 0.480 e. The number of aliphatic carboxylic acids is 1. The summed E-state index contributed by atoms with van der Waals surface area (Å²) in [5, 5.41) is 14.8. The number of aryl methyl sites for hydroxylation is 1. The van der Waals surface area contributed by atoms with Crippen molar-refractivity contribution < 1.29 is 29.0 Å². The Kier molecular flexibility index (Phi) is 7.42. The van der Waals surface area contributed by atoms with Gasteiger partial charge in [0.1, 0.15) is 16.5 Å². The Morgan fingerprint density at radius 1 is 1.09 bits per heavy atom. The Balaban J connectivity index is 1.34. The zero-order chi connectivity index (χ0) is 24.9. The van der Waals surface area contributed by atoms with E-state index in [-0.39, 0.29) is 30.6 Å². The minimum atomic E-state index is -1.19. The first kappa shape index (κ1) is 24.4. The molecule has 0 radical (unpaired) electrons. The van der Waals surface area contributed by atoms with Gasteiger partial charge in [-0.3, -0.25) is 4.79 Å². The number of carbonyl (C=O) groups is 3. The second kappa shape index (κ2) is 10.7. The topological polar surface area (TPSA) is 127 Å². The summed E-state index contributed by atoms with van der Waals surface area (Å²) < 4.78 is 10.4. The Morgan fingerprint density at radius 2 is 1.71 bits per heavy atom. The molecule has 0 aliphatic heterocycles. The number of amides is 2. The van der Waals surface area contributed by atoms with E-state index in [1.165, 1.54) is 7.11 Å². The Bertz CT molecular complexity index is 1210. The van der Waals surface area contributed by atoms with Gasteiger partial charge in [-0.2, -0.15) is 0 Å². The molecule has 4 rings (SSSR count). The molecule has 2 amide bonds. The van der Waals surface area contributed by atoms with Crippen molar-refractivity contribution in [3.05, 3.63) is 75.2 Å². The predicted octanol–water partition coefficient (Wildman–Crippen LogP) is 3.32. The molecule has 1 aliphatic carbocycles. The molecule has 35 heavy (non-hydrogen) atoms. The highest BCUT2D eigenvalue weighted by Gasteiger charge is 2.29. The van der Waals surface area contributed by atoms with Crippen LogP contribution in [0.2, 0.25) is 0 Å². The van der Waals surface area contributed by atoms with Gasteiger partial charge in [0.25, 0.3) is 5.91 Å². The van der Waals surface area contributed by atoms with E-state index in [1.54, 1.807) is 6.92 Å². The summed E-state index contributed by atoms with van der Waals surface area (Å²) in [6.07, 6.45) is -0.586. The number of rotatable bonds is 9. The summed E-state index contributed by atoms with van der Waals surface area (Å²) in [6.45, 7) is 1.76. The average molecular weight is 496 g/mol. The number of nitrogens with zero attached hydrogens (tertiary/aromatic N) is 1. The van der Waals surface area contributed by atoms with Crippen LogP contribution in [0, 0.1) is 6.92 Å². The van der Waals surface area contributed by atoms with Crippen LogP contribution >= 0.6 is 11.3 Å². The third kappa shape index (κ3) is 5.33. The second-order valence-corrected chi connectivity index (χ2v) is 9.10. The highest BCUT2D eigenvalue weighted by atomic mass is 32.1. The van der Waals surface area contributed by atoms with Crippen molar-refractivity contribution in [2.75, 3.05) is 20.3 Å². The SMILES string of the molecule is COCC(NC(=O)c1sc(CNC(=O)OCC2c3ccccc3-c3ccccc32)nc1C)C(=O)O. The Labute approximate surface area is 206 Å². The Morgan fingerprint density at radius 3 is 2.31 bits per heavy atom. The minimum absolute atomic E-state index is 0.0418. The van der Waals surface area contributed by atoms with Gasteiger partial charge in [0.15, 0.2) is 6.04 Å². The van der Waals surface area contributed by atoms with Gasteiger partial charge in [0.2, 0.25) is 0 Å². The van der Waals surface area contributed by atoms with Crippen LogP contribution in [0.15, 0.2) is 48.5 Å². The zero-order valence-corrected chi connectivity index (χ0v) is 20.1. The van der Waals surface area contributed by atoms with Crippen LogP contribution in [0.1, 0.15) is 37.4 Å². The number of ether oxygens (including phenoxy) is 2. The van der Waals surface area contributed by atoms with Crippen molar-refractivity contribution in [1.29, 1.82) is 0 Å². The van der Waals surface area contributed by atoms with Gasteiger partial charge in [0, 0.05) is 13.0 Å². The maximum Gasteiger partial charge on any atom is 0.407 e. The summed E-state index contributed by atoms with van der Waals surface area (Å²) in [5.74, 6) is -1.80. The smallest absolute Gasteiger partial charge is 0.407 e. The van der Waals surface area contributed by atoms with Gasteiger partial charge in [0.05, 0.1) is 18.8 Å². The fourth-order valence-corrected chi connectivity index (χ4v) is 5.01. The molecule has 0 saturated heterocycles. The quantitative estimate of drug-likeness (QED) is 0.416. The maximum absolute atomic E-state index is 12.5. The molecule has 0 bridgehead atoms. The van der Waals surface area contributed by atoms with Crippen LogP contribution in [0.25, 0.3) is 11.1 Å². The molecule has 10 heteroatoms. The lowest BCUT2D eigenvalue weighted by molar-refractivity contribution is -0.140. The Hall–Kier alpha value is -3.76. The molecule has 0 spiro atoms. The van der Waals surface area contributed by atoms with E-state index < -0.39 is 24.0 Å². The normalized spacial score (nSPS) is 13.0. The van der Waals surface area contributed by atoms with E-state index in [0.717, 1.165) is 33.6 Å². The van der Waals surface area contributed by atoms with Crippen molar-refractivity contribution in [2.24, 2.45) is 0 Å². The number of nitrogens with one attached hydrogen (secondary N) is 2. The van der Waals surface area contributed by atoms with Gasteiger partial charge in [-0.05, 0) is 29.2 Å². The molecule has 1 heterocycles. The van der Waals surface area contributed by atoms with E-state index >= 15 is 0 Å². The summed E-state index contributed by atoms with van der Waals surface area (Å²) >= 11 is 1.08. The van der Waals surface area contributed by atoms with E-state index in [2.05, 4.69) is 27.8 Å². The summed E-state index contributed by atoms with van der Waals surface area (Å²) in [7, 11) is 1.35. The molecule has 1 atom stereocenters. The number of hydrogen-bond donors (Lipinski definition) is 3. The molecule has 0 saturated carbocycles. The molecule has 3 aromatic rings. The lowest BCUT2D eigenvalue weighted by Crippen LogP contribution is -2.43. The number of hydrogen-bond acceptors (Lipinski definition) is 7. The van der Waals surface area contributed by atoms with E-state index in [4.69, 9.17) is 9.47 Å². The fraction of sp³-hybridized carbons (Fsp3) is 0.280. The fourth-order valence-electron chi connectivity index (χ4n) is 4.10. The number of fused-ring (bicyclic) bond motifs is 3. The highest BCUT2D eigenvalue weighted by molar-refractivity contribution is 7.13. The predicted molar refractivity (Wildman–Crippen MR) is 130 cm³/mol. The van der Waals surface area contributed by atoms with Gasteiger partial charge in [-0.25, -0.2) is 14.6 Å².